The van der Waals surface area contributed by atoms with Crippen LogP contribution in [0.3, 0.4) is 0 Å². The second-order valence-electron chi connectivity index (χ2n) is 4.80. The van der Waals surface area contributed by atoms with E-state index in [1.165, 1.54) is 0 Å². The molecule has 0 saturated heterocycles. The summed E-state index contributed by atoms with van der Waals surface area (Å²) in [6.07, 6.45) is 0.190. The van der Waals surface area contributed by atoms with Crippen molar-refractivity contribution in [2.75, 3.05) is 6.67 Å². The first-order valence-corrected chi connectivity index (χ1v) is 8.36. The lowest BCUT2D eigenvalue weighted by atomic mass is 10.1. The van der Waals surface area contributed by atoms with Gasteiger partial charge in [0.05, 0.1) is 6.04 Å². The molecule has 124 valence electrons. The van der Waals surface area contributed by atoms with Gasteiger partial charge in [-0.2, -0.15) is 0 Å². The van der Waals surface area contributed by atoms with Crippen molar-refractivity contribution in [2.45, 2.75) is 24.3 Å². The Kier molecular flexibility index (Phi) is 5.17. The lowest BCUT2D eigenvalue weighted by Gasteiger charge is -2.15. The molecule has 1 heterocycles. The summed E-state index contributed by atoms with van der Waals surface area (Å²) in [5.41, 5.74) is 0.471. The second kappa shape index (κ2) is 6.93. The Morgan fingerprint density at radius 3 is 2.52 bits per heavy atom. The predicted octanol–water partition coefficient (Wildman–Crippen LogP) is 2.53. The van der Waals surface area contributed by atoms with E-state index in [1.54, 1.807) is 37.3 Å². The van der Waals surface area contributed by atoms with Crippen molar-refractivity contribution in [3.8, 4) is 0 Å². The molecule has 2 rings (SSSR count). The first kappa shape index (κ1) is 17.2. The van der Waals surface area contributed by atoms with Gasteiger partial charge in [-0.05, 0) is 5.56 Å². The van der Waals surface area contributed by atoms with E-state index in [-0.39, 0.29) is 17.1 Å². The van der Waals surface area contributed by atoms with Gasteiger partial charge in [0, 0.05) is 12.5 Å². The molecule has 8 heteroatoms. The van der Waals surface area contributed by atoms with Crippen molar-refractivity contribution < 1.29 is 27.1 Å². The molecule has 0 amide bonds. The topological polar surface area (TPSA) is 96.6 Å². The third-order valence-electron chi connectivity index (χ3n) is 3.25. The molecule has 0 unspecified atom stereocenters. The second-order valence-corrected chi connectivity index (χ2v) is 6.48. The van der Waals surface area contributed by atoms with E-state index in [1.807, 2.05) is 0 Å². The van der Waals surface area contributed by atoms with Crippen LogP contribution in [-0.2, 0) is 16.4 Å². The molecule has 0 fully saturated rings. The molecule has 1 aromatic carbocycles. The number of carboxylic acids is 1. The predicted molar refractivity (Wildman–Crippen MR) is 80.5 cm³/mol. The fourth-order valence-electron chi connectivity index (χ4n) is 2.12. The molecular weight excluding hydrogens is 325 g/mol. The molecule has 2 N–H and O–H groups in total. The Bertz CT molecular complexity index is 785. The van der Waals surface area contributed by atoms with E-state index in [2.05, 4.69) is 4.72 Å². The van der Waals surface area contributed by atoms with Crippen LogP contribution < -0.4 is 4.72 Å². The van der Waals surface area contributed by atoms with Crippen molar-refractivity contribution in [3.63, 3.8) is 0 Å². The highest BCUT2D eigenvalue weighted by atomic mass is 32.2. The minimum absolute atomic E-state index is 0.0144. The van der Waals surface area contributed by atoms with Gasteiger partial charge in [0.1, 0.15) is 17.3 Å². The summed E-state index contributed by atoms with van der Waals surface area (Å²) in [5, 5.41) is 8.92. The van der Waals surface area contributed by atoms with Gasteiger partial charge in [-0.3, -0.25) is 0 Å². The zero-order valence-electron chi connectivity index (χ0n) is 12.3. The molecule has 23 heavy (non-hydrogen) atoms. The highest BCUT2D eigenvalue weighted by molar-refractivity contribution is 7.89. The van der Waals surface area contributed by atoms with Gasteiger partial charge in [0.2, 0.25) is 15.8 Å². The number of furan rings is 1. The van der Waals surface area contributed by atoms with Crippen LogP contribution in [0.25, 0.3) is 0 Å². The van der Waals surface area contributed by atoms with Crippen LogP contribution >= 0.6 is 0 Å². The average Bonchev–Trinajstić information content (AvgIpc) is 2.99. The molecule has 6 nitrogen and oxygen atoms in total. The number of carbonyl (C=O) groups is 1. The fraction of sp³-hybridized carbons (Fsp3) is 0.267. The molecule has 0 aliphatic rings. The number of alkyl halides is 1. The highest BCUT2D eigenvalue weighted by Crippen LogP contribution is 2.24. The molecule has 0 radical (unpaired) electrons. The van der Waals surface area contributed by atoms with Gasteiger partial charge in [-0.15, -0.1) is 0 Å². The molecule has 0 spiro atoms. The Hall–Kier alpha value is -2.19. The summed E-state index contributed by atoms with van der Waals surface area (Å²) in [5.74, 6) is -1.83. The molecule has 0 aliphatic carbocycles. The maximum atomic E-state index is 13.3. The molecule has 0 saturated carbocycles. The van der Waals surface area contributed by atoms with Gasteiger partial charge in [0.25, 0.3) is 0 Å². The average molecular weight is 341 g/mol. The van der Waals surface area contributed by atoms with Gasteiger partial charge < -0.3 is 9.52 Å². The van der Waals surface area contributed by atoms with Crippen molar-refractivity contribution in [2.24, 2.45) is 0 Å². The summed E-state index contributed by atoms with van der Waals surface area (Å²) < 4.78 is 45.4. The third-order valence-corrected chi connectivity index (χ3v) is 4.76. The smallest absolute Gasteiger partial charge is 0.371 e. The van der Waals surface area contributed by atoms with Gasteiger partial charge in [-0.1, -0.05) is 37.3 Å². The molecule has 0 aliphatic heterocycles. The first-order chi connectivity index (χ1) is 10.9. The Labute approximate surface area is 133 Å². The summed E-state index contributed by atoms with van der Waals surface area (Å²) in [4.78, 5) is 10.7. The van der Waals surface area contributed by atoms with E-state index in [9.17, 15) is 17.6 Å². The fourth-order valence-corrected chi connectivity index (χ4v) is 3.56. The number of sulfonamides is 1. The molecule has 0 bridgehead atoms. The van der Waals surface area contributed by atoms with Crippen LogP contribution in [0.15, 0.2) is 45.7 Å². The molecule has 1 atom stereocenters. The van der Waals surface area contributed by atoms with Gasteiger partial charge in [0.15, 0.2) is 0 Å². The normalized spacial score (nSPS) is 13.0. The summed E-state index contributed by atoms with van der Waals surface area (Å²) in [7, 11) is -4.12. The van der Waals surface area contributed by atoms with Crippen LogP contribution in [0.5, 0.6) is 0 Å². The van der Waals surface area contributed by atoms with E-state index in [4.69, 9.17) is 9.52 Å². The number of aromatic carboxylic acids is 1. The minimum Gasteiger partial charge on any atom is -0.475 e. The maximum Gasteiger partial charge on any atom is 0.371 e. The quantitative estimate of drug-likeness (QED) is 0.807. The van der Waals surface area contributed by atoms with E-state index in [0.717, 1.165) is 6.07 Å². The summed E-state index contributed by atoms with van der Waals surface area (Å²) in [6, 6.07) is 8.15. The number of hydrogen-bond donors (Lipinski definition) is 2. The van der Waals surface area contributed by atoms with Gasteiger partial charge in [-0.25, -0.2) is 22.3 Å². The minimum atomic E-state index is -4.12. The number of hydrogen-bond acceptors (Lipinski definition) is 4. The molecular formula is C15H16FNO5S. The van der Waals surface area contributed by atoms with Crippen molar-refractivity contribution in [3.05, 3.63) is 53.5 Å². The lowest BCUT2D eigenvalue weighted by Crippen LogP contribution is -2.30. The summed E-state index contributed by atoms with van der Waals surface area (Å²) >= 11 is 0. The number of nitrogens with one attached hydrogen (secondary N) is 1. The van der Waals surface area contributed by atoms with Crippen LogP contribution in [0, 0.1) is 0 Å². The van der Waals surface area contributed by atoms with E-state index < -0.39 is 34.5 Å². The van der Waals surface area contributed by atoms with Crippen LogP contribution in [0.4, 0.5) is 4.39 Å². The third kappa shape index (κ3) is 3.77. The van der Waals surface area contributed by atoms with Crippen molar-refractivity contribution in [1.82, 2.24) is 4.72 Å². The number of benzene rings is 1. The lowest BCUT2D eigenvalue weighted by molar-refractivity contribution is 0.0660. The SMILES string of the molecule is CCc1oc(C(=O)O)cc1S(=O)(=O)N[C@H](CF)c1ccccc1. The molecule has 1 aromatic heterocycles. The van der Waals surface area contributed by atoms with Crippen molar-refractivity contribution >= 4 is 16.0 Å². The highest BCUT2D eigenvalue weighted by Gasteiger charge is 2.28. The largest absolute Gasteiger partial charge is 0.475 e. The van der Waals surface area contributed by atoms with E-state index in [0.29, 0.717) is 5.56 Å². The van der Waals surface area contributed by atoms with Crippen LogP contribution in [0.2, 0.25) is 0 Å². The zero-order chi connectivity index (χ0) is 17.0. The zero-order valence-corrected chi connectivity index (χ0v) is 13.1. The number of rotatable bonds is 7. The Morgan fingerprint density at radius 2 is 2.00 bits per heavy atom. The standard InChI is InChI=1S/C15H16FNO5S/c1-2-12-14(8-13(22-12)15(18)19)23(20,21)17-11(9-16)10-6-4-3-5-7-10/h3-8,11,17H,2,9H2,1H3,(H,18,19)/t11-/m1/s1. The van der Waals surface area contributed by atoms with Crippen molar-refractivity contribution in [1.29, 1.82) is 0 Å². The number of halogens is 1. The summed E-state index contributed by atoms with van der Waals surface area (Å²) in [6.45, 7) is 0.696. The molecule has 2 aromatic rings. The maximum absolute atomic E-state index is 13.3. The Balaban J connectivity index is 2.36. The Morgan fingerprint density at radius 1 is 1.35 bits per heavy atom. The van der Waals surface area contributed by atoms with Crippen LogP contribution in [0.1, 0.15) is 34.8 Å². The number of carboxylic acid groups (broad SMARTS) is 1. The number of aryl methyl sites for hydroxylation is 1. The van der Waals surface area contributed by atoms with Gasteiger partial charge >= 0.3 is 5.97 Å². The monoisotopic (exact) mass is 341 g/mol. The van der Waals surface area contributed by atoms with E-state index >= 15 is 0 Å². The first-order valence-electron chi connectivity index (χ1n) is 6.88. The van der Waals surface area contributed by atoms with Crippen LogP contribution in [-0.4, -0.2) is 26.2 Å².